The quantitative estimate of drug-likeness (QED) is 0.480. The molecule has 6 nitrogen and oxygen atoms in total. The van der Waals surface area contributed by atoms with Gasteiger partial charge in [0.1, 0.15) is 0 Å². The Bertz CT molecular complexity index is 542. The molecule has 0 radical (unpaired) electrons. The van der Waals surface area contributed by atoms with E-state index in [1.807, 2.05) is 6.07 Å². The molecule has 108 valence electrons. The monoisotopic (exact) mass is 276 g/mol. The van der Waals surface area contributed by atoms with Crippen LogP contribution in [0, 0.1) is 0 Å². The largest absolute Gasteiger partial charge is 0.465 e. The minimum atomic E-state index is -0.446. The predicted octanol–water partition coefficient (Wildman–Crippen LogP) is 0.642. The van der Waals surface area contributed by atoms with Crippen LogP contribution >= 0.6 is 0 Å². The number of rotatable bonds is 3. The van der Waals surface area contributed by atoms with Gasteiger partial charge in [-0.15, -0.1) is 0 Å². The second-order valence-corrected chi connectivity index (χ2v) is 4.83. The molecule has 4 N–H and O–H groups in total. The van der Waals surface area contributed by atoms with Crippen LogP contribution < -0.4 is 16.4 Å². The Balaban J connectivity index is 2.47. The molecule has 1 aromatic rings. The lowest BCUT2D eigenvalue weighted by Crippen LogP contribution is -2.27. The highest BCUT2D eigenvalue weighted by atomic mass is 16.5. The summed E-state index contributed by atoms with van der Waals surface area (Å²) in [6.45, 7) is 1.66. The normalized spacial score (nSPS) is 18.8. The van der Waals surface area contributed by atoms with Gasteiger partial charge in [-0.3, -0.25) is 4.99 Å². The first-order valence-electron chi connectivity index (χ1n) is 6.52. The number of carbonyl (C=O) groups excluding carboxylic acids is 1. The molecule has 1 fully saturated rings. The first kappa shape index (κ1) is 14.3. The zero-order valence-corrected chi connectivity index (χ0v) is 11.8. The number of aliphatic imine (C=N–C) groups is 1. The molecular weight excluding hydrogens is 256 g/mol. The predicted molar refractivity (Wildman–Crippen MR) is 80.5 cm³/mol. The maximum Gasteiger partial charge on any atom is 0.339 e. The van der Waals surface area contributed by atoms with Crippen molar-refractivity contribution < 1.29 is 9.53 Å². The second kappa shape index (κ2) is 5.92. The van der Waals surface area contributed by atoms with Crippen molar-refractivity contribution in [2.24, 2.45) is 10.7 Å². The third kappa shape index (κ3) is 2.60. The highest BCUT2D eigenvalue weighted by Gasteiger charge is 2.24. The third-order valence-corrected chi connectivity index (χ3v) is 3.49. The van der Waals surface area contributed by atoms with E-state index in [-0.39, 0.29) is 6.04 Å². The van der Waals surface area contributed by atoms with E-state index in [0.29, 0.717) is 11.3 Å². The number of nitrogens with two attached hydrogens (primary N) is 2. The van der Waals surface area contributed by atoms with E-state index in [4.69, 9.17) is 16.2 Å². The number of hydrogen-bond donors (Lipinski definition) is 2. The van der Waals surface area contributed by atoms with Gasteiger partial charge in [0.25, 0.3) is 0 Å². The topological polar surface area (TPSA) is 93.9 Å². The SMILES string of the molecule is CN=Cc1c(N2CCC(N)C2)ccc(C(=O)OC)c1N. The number of ether oxygens (including phenoxy) is 1. The van der Waals surface area contributed by atoms with Gasteiger partial charge >= 0.3 is 5.97 Å². The molecule has 1 aliphatic heterocycles. The molecule has 1 aromatic carbocycles. The second-order valence-electron chi connectivity index (χ2n) is 4.83. The number of nitrogen functional groups attached to an aromatic ring is 1. The van der Waals surface area contributed by atoms with Crippen molar-refractivity contribution in [1.29, 1.82) is 0 Å². The van der Waals surface area contributed by atoms with Crippen molar-refractivity contribution >= 4 is 23.6 Å². The fourth-order valence-electron chi connectivity index (χ4n) is 2.46. The Morgan fingerprint density at radius 3 is 2.85 bits per heavy atom. The number of nitrogens with zero attached hydrogens (tertiary/aromatic N) is 2. The molecule has 0 saturated carbocycles. The molecule has 1 atom stereocenters. The van der Waals surface area contributed by atoms with Gasteiger partial charge in [-0.05, 0) is 18.6 Å². The van der Waals surface area contributed by atoms with E-state index in [9.17, 15) is 4.79 Å². The Labute approximate surface area is 118 Å². The average molecular weight is 276 g/mol. The third-order valence-electron chi connectivity index (χ3n) is 3.49. The highest BCUT2D eigenvalue weighted by molar-refractivity contribution is 6.04. The summed E-state index contributed by atoms with van der Waals surface area (Å²) in [5.41, 5.74) is 14.5. The summed E-state index contributed by atoms with van der Waals surface area (Å²) in [7, 11) is 3.01. The minimum absolute atomic E-state index is 0.169. The summed E-state index contributed by atoms with van der Waals surface area (Å²) in [6, 6.07) is 3.73. The van der Waals surface area contributed by atoms with Gasteiger partial charge in [-0.2, -0.15) is 0 Å². The number of anilines is 2. The number of hydrogen-bond acceptors (Lipinski definition) is 6. The van der Waals surface area contributed by atoms with Crippen molar-refractivity contribution in [2.45, 2.75) is 12.5 Å². The molecule has 0 spiro atoms. The minimum Gasteiger partial charge on any atom is -0.465 e. The molecule has 0 aliphatic carbocycles. The van der Waals surface area contributed by atoms with Crippen molar-refractivity contribution in [3.63, 3.8) is 0 Å². The summed E-state index contributed by atoms with van der Waals surface area (Å²) in [5, 5.41) is 0. The van der Waals surface area contributed by atoms with E-state index in [2.05, 4.69) is 9.89 Å². The van der Waals surface area contributed by atoms with Gasteiger partial charge in [0.05, 0.1) is 18.4 Å². The van der Waals surface area contributed by atoms with E-state index < -0.39 is 5.97 Å². The van der Waals surface area contributed by atoms with Gasteiger partial charge in [-0.1, -0.05) is 0 Å². The maximum absolute atomic E-state index is 11.7. The molecule has 20 heavy (non-hydrogen) atoms. The number of esters is 1. The molecule has 0 amide bonds. The van der Waals surface area contributed by atoms with E-state index in [1.54, 1.807) is 19.3 Å². The van der Waals surface area contributed by atoms with Crippen LogP contribution in [0.1, 0.15) is 22.3 Å². The van der Waals surface area contributed by atoms with Crippen LogP contribution in [-0.2, 0) is 4.74 Å². The van der Waals surface area contributed by atoms with Gasteiger partial charge < -0.3 is 21.1 Å². The number of methoxy groups -OCH3 is 1. The van der Waals surface area contributed by atoms with Crippen molar-refractivity contribution in [2.75, 3.05) is 37.9 Å². The fourth-order valence-corrected chi connectivity index (χ4v) is 2.46. The standard InChI is InChI=1S/C14H20N4O2/c1-17-7-11-12(18-6-5-9(15)8-18)4-3-10(13(11)16)14(19)20-2/h3-4,7,9H,5-6,8,15-16H2,1-2H3. The van der Waals surface area contributed by atoms with E-state index in [1.165, 1.54) is 7.11 Å². The van der Waals surface area contributed by atoms with E-state index >= 15 is 0 Å². The molecule has 1 unspecified atom stereocenters. The molecule has 2 rings (SSSR count). The lowest BCUT2D eigenvalue weighted by atomic mass is 10.0. The fraction of sp³-hybridized carbons (Fsp3) is 0.429. The zero-order valence-electron chi connectivity index (χ0n) is 11.8. The Morgan fingerprint density at radius 2 is 2.30 bits per heavy atom. The van der Waals surface area contributed by atoms with Crippen LogP contribution in [0.3, 0.4) is 0 Å². The molecule has 1 saturated heterocycles. The van der Waals surface area contributed by atoms with Crippen LogP contribution in [0.15, 0.2) is 17.1 Å². The maximum atomic E-state index is 11.7. The Morgan fingerprint density at radius 1 is 1.55 bits per heavy atom. The Kier molecular flexibility index (Phi) is 4.24. The average Bonchev–Trinajstić information content (AvgIpc) is 2.86. The summed E-state index contributed by atoms with van der Waals surface area (Å²) in [5.74, 6) is -0.446. The van der Waals surface area contributed by atoms with Gasteiger partial charge in [0.15, 0.2) is 0 Å². The van der Waals surface area contributed by atoms with Gasteiger partial charge in [0.2, 0.25) is 0 Å². The van der Waals surface area contributed by atoms with E-state index in [0.717, 1.165) is 30.8 Å². The lowest BCUT2D eigenvalue weighted by Gasteiger charge is -2.22. The number of benzene rings is 1. The van der Waals surface area contributed by atoms with Crippen LogP contribution in [0.25, 0.3) is 0 Å². The molecule has 1 aliphatic rings. The van der Waals surface area contributed by atoms with Gasteiger partial charge in [0, 0.05) is 43.6 Å². The first-order chi connectivity index (χ1) is 9.58. The summed E-state index contributed by atoms with van der Waals surface area (Å²) < 4.78 is 4.74. The van der Waals surface area contributed by atoms with Crippen molar-refractivity contribution in [3.05, 3.63) is 23.3 Å². The summed E-state index contributed by atoms with van der Waals surface area (Å²) in [6.07, 6.45) is 2.61. The van der Waals surface area contributed by atoms with Gasteiger partial charge in [-0.25, -0.2) is 4.79 Å². The molecule has 1 heterocycles. The first-order valence-corrected chi connectivity index (χ1v) is 6.52. The molecular formula is C14H20N4O2. The number of carbonyl (C=O) groups is 1. The highest BCUT2D eigenvalue weighted by Crippen LogP contribution is 2.30. The van der Waals surface area contributed by atoms with Crippen molar-refractivity contribution in [1.82, 2.24) is 0 Å². The lowest BCUT2D eigenvalue weighted by molar-refractivity contribution is 0.0602. The van der Waals surface area contributed by atoms with Crippen LogP contribution in [0.5, 0.6) is 0 Å². The molecule has 0 bridgehead atoms. The zero-order chi connectivity index (χ0) is 14.7. The smallest absolute Gasteiger partial charge is 0.339 e. The van der Waals surface area contributed by atoms with Crippen molar-refractivity contribution in [3.8, 4) is 0 Å². The van der Waals surface area contributed by atoms with Crippen LogP contribution in [-0.4, -0.2) is 45.5 Å². The van der Waals surface area contributed by atoms with Crippen LogP contribution in [0.2, 0.25) is 0 Å². The summed E-state index contributed by atoms with van der Waals surface area (Å²) >= 11 is 0. The Hall–Kier alpha value is -2.08. The summed E-state index contributed by atoms with van der Waals surface area (Å²) in [4.78, 5) is 17.9. The molecule has 0 aromatic heterocycles. The molecule has 6 heteroatoms. The van der Waals surface area contributed by atoms with Crippen LogP contribution in [0.4, 0.5) is 11.4 Å².